The fourth-order valence-corrected chi connectivity index (χ4v) is 4.61. The summed E-state index contributed by atoms with van der Waals surface area (Å²) in [5.74, 6) is 2.30. The number of esters is 1. The van der Waals surface area contributed by atoms with Gasteiger partial charge in [0.15, 0.2) is 0 Å². The lowest BCUT2D eigenvalue weighted by Gasteiger charge is -2.55. The summed E-state index contributed by atoms with van der Waals surface area (Å²) in [6.07, 6.45) is 7.46. The molecule has 0 heterocycles. The van der Waals surface area contributed by atoms with E-state index >= 15 is 0 Å². The SMILES string of the molecule is CCOCC(=O)OC12CC3CC(CC(C3)C1)C2. The van der Waals surface area contributed by atoms with Gasteiger partial charge < -0.3 is 9.47 Å². The molecule has 0 radical (unpaired) electrons. The average Bonchev–Trinajstić information content (AvgIpc) is 2.23. The predicted octanol–water partition coefficient (Wildman–Crippen LogP) is 2.53. The summed E-state index contributed by atoms with van der Waals surface area (Å²) >= 11 is 0. The van der Waals surface area contributed by atoms with Gasteiger partial charge in [0.2, 0.25) is 0 Å². The summed E-state index contributed by atoms with van der Waals surface area (Å²) in [5, 5.41) is 0. The highest BCUT2D eigenvalue weighted by Gasteiger charge is 2.53. The number of carbonyl (C=O) groups excluding carboxylic acids is 1. The first-order chi connectivity index (χ1) is 8.19. The summed E-state index contributed by atoms with van der Waals surface area (Å²) < 4.78 is 10.9. The second-order valence-electron chi connectivity index (χ2n) is 6.21. The van der Waals surface area contributed by atoms with Gasteiger partial charge >= 0.3 is 5.97 Å². The van der Waals surface area contributed by atoms with Crippen LogP contribution in [0, 0.1) is 17.8 Å². The van der Waals surface area contributed by atoms with Crippen LogP contribution in [0.1, 0.15) is 45.4 Å². The van der Waals surface area contributed by atoms with E-state index in [1.54, 1.807) is 0 Å². The fraction of sp³-hybridized carbons (Fsp3) is 0.929. The molecule has 4 bridgehead atoms. The molecule has 4 rings (SSSR count). The molecule has 0 aromatic rings. The summed E-state index contributed by atoms with van der Waals surface area (Å²) in [6, 6.07) is 0. The third-order valence-corrected chi connectivity index (χ3v) is 4.74. The van der Waals surface area contributed by atoms with E-state index in [2.05, 4.69) is 0 Å². The van der Waals surface area contributed by atoms with Crippen LogP contribution in [0.25, 0.3) is 0 Å². The van der Waals surface area contributed by atoms with Crippen molar-refractivity contribution in [2.24, 2.45) is 17.8 Å². The molecule has 0 unspecified atom stereocenters. The van der Waals surface area contributed by atoms with Crippen molar-refractivity contribution in [3.05, 3.63) is 0 Å². The highest BCUT2D eigenvalue weighted by atomic mass is 16.6. The van der Waals surface area contributed by atoms with Crippen molar-refractivity contribution in [2.45, 2.75) is 51.0 Å². The molecule has 4 aliphatic carbocycles. The van der Waals surface area contributed by atoms with Crippen molar-refractivity contribution in [1.82, 2.24) is 0 Å². The van der Waals surface area contributed by atoms with Crippen molar-refractivity contribution in [3.63, 3.8) is 0 Å². The fourth-order valence-electron chi connectivity index (χ4n) is 4.61. The van der Waals surface area contributed by atoms with Crippen molar-refractivity contribution in [2.75, 3.05) is 13.2 Å². The van der Waals surface area contributed by atoms with Crippen molar-refractivity contribution < 1.29 is 14.3 Å². The molecular weight excluding hydrogens is 216 g/mol. The first-order valence-corrected chi connectivity index (χ1v) is 6.99. The number of ether oxygens (including phenoxy) is 2. The summed E-state index contributed by atoms with van der Waals surface area (Å²) in [6.45, 7) is 2.60. The van der Waals surface area contributed by atoms with Crippen LogP contribution < -0.4 is 0 Å². The minimum Gasteiger partial charge on any atom is -0.457 e. The molecular formula is C14H22O3. The summed E-state index contributed by atoms with van der Waals surface area (Å²) in [5.41, 5.74) is -0.108. The van der Waals surface area contributed by atoms with Gasteiger partial charge in [-0.25, -0.2) is 4.79 Å². The highest BCUT2D eigenvalue weighted by molar-refractivity contribution is 5.71. The van der Waals surface area contributed by atoms with E-state index in [-0.39, 0.29) is 18.2 Å². The maximum Gasteiger partial charge on any atom is 0.332 e. The molecule has 0 atom stereocenters. The minimum atomic E-state index is -0.159. The van der Waals surface area contributed by atoms with Crippen LogP contribution in [0.5, 0.6) is 0 Å². The molecule has 0 aromatic heterocycles. The third-order valence-electron chi connectivity index (χ3n) is 4.74. The monoisotopic (exact) mass is 238 g/mol. The summed E-state index contributed by atoms with van der Waals surface area (Å²) in [7, 11) is 0. The van der Waals surface area contributed by atoms with E-state index in [1.807, 2.05) is 6.92 Å². The van der Waals surface area contributed by atoms with Crippen molar-refractivity contribution in [1.29, 1.82) is 0 Å². The Bertz CT molecular complexity index is 275. The van der Waals surface area contributed by atoms with Crippen LogP contribution in [0.15, 0.2) is 0 Å². The van der Waals surface area contributed by atoms with E-state index in [4.69, 9.17) is 9.47 Å². The molecule has 0 aromatic carbocycles. The van der Waals surface area contributed by atoms with Gasteiger partial charge in [-0.2, -0.15) is 0 Å². The second-order valence-corrected chi connectivity index (χ2v) is 6.21. The Balaban J connectivity index is 1.64. The van der Waals surface area contributed by atoms with Gasteiger partial charge in [0.1, 0.15) is 12.2 Å². The van der Waals surface area contributed by atoms with Crippen LogP contribution in [0.4, 0.5) is 0 Å². The molecule has 0 saturated heterocycles. The molecule has 3 nitrogen and oxygen atoms in total. The second kappa shape index (κ2) is 4.27. The zero-order valence-corrected chi connectivity index (χ0v) is 10.6. The van der Waals surface area contributed by atoms with Crippen LogP contribution in [-0.2, 0) is 14.3 Å². The lowest BCUT2D eigenvalue weighted by atomic mass is 9.54. The van der Waals surface area contributed by atoms with Gasteiger partial charge in [-0.3, -0.25) is 0 Å². The summed E-state index contributed by atoms with van der Waals surface area (Å²) in [4.78, 5) is 11.7. The first kappa shape index (κ1) is 11.5. The Morgan fingerprint density at radius 3 is 2.12 bits per heavy atom. The zero-order chi connectivity index (χ0) is 11.9. The largest absolute Gasteiger partial charge is 0.457 e. The number of carbonyl (C=O) groups is 1. The highest BCUT2D eigenvalue weighted by Crippen LogP contribution is 2.57. The molecule has 4 fully saturated rings. The Labute approximate surface area is 103 Å². The maximum atomic E-state index is 11.7. The number of rotatable bonds is 4. The van der Waals surface area contributed by atoms with Gasteiger partial charge in [0.05, 0.1) is 0 Å². The smallest absolute Gasteiger partial charge is 0.332 e. The topological polar surface area (TPSA) is 35.5 Å². The van der Waals surface area contributed by atoms with Crippen molar-refractivity contribution >= 4 is 5.97 Å². The molecule has 17 heavy (non-hydrogen) atoms. The van der Waals surface area contributed by atoms with Crippen LogP contribution in [0.3, 0.4) is 0 Å². The quantitative estimate of drug-likeness (QED) is 0.706. The van der Waals surface area contributed by atoms with Crippen LogP contribution in [-0.4, -0.2) is 24.8 Å². The van der Waals surface area contributed by atoms with Gasteiger partial charge in [-0.05, 0) is 63.2 Å². The lowest BCUT2D eigenvalue weighted by molar-refractivity contribution is -0.190. The standard InChI is InChI=1S/C14H22O3/c1-2-16-9-13(15)17-14-6-10-3-11(7-14)5-12(4-10)8-14/h10-12H,2-9H2,1H3. The average molecular weight is 238 g/mol. The predicted molar refractivity (Wildman–Crippen MR) is 63.5 cm³/mol. The van der Waals surface area contributed by atoms with Crippen molar-refractivity contribution in [3.8, 4) is 0 Å². The Kier molecular flexibility index (Phi) is 2.89. The van der Waals surface area contributed by atoms with E-state index < -0.39 is 0 Å². The maximum absolute atomic E-state index is 11.7. The van der Waals surface area contributed by atoms with Gasteiger partial charge in [0.25, 0.3) is 0 Å². The van der Waals surface area contributed by atoms with Crippen LogP contribution in [0.2, 0.25) is 0 Å². The van der Waals surface area contributed by atoms with Gasteiger partial charge in [-0.1, -0.05) is 0 Å². The molecule has 4 saturated carbocycles. The Hall–Kier alpha value is -0.570. The zero-order valence-electron chi connectivity index (χ0n) is 10.6. The van der Waals surface area contributed by atoms with E-state index in [9.17, 15) is 4.79 Å². The minimum absolute atomic E-state index is 0.108. The molecule has 0 aliphatic heterocycles. The first-order valence-electron chi connectivity index (χ1n) is 6.99. The van der Waals surface area contributed by atoms with Gasteiger partial charge in [-0.15, -0.1) is 0 Å². The van der Waals surface area contributed by atoms with Crippen LogP contribution >= 0.6 is 0 Å². The van der Waals surface area contributed by atoms with E-state index in [1.165, 1.54) is 19.3 Å². The molecule has 96 valence electrons. The Morgan fingerprint density at radius 1 is 1.12 bits per heavy atom. The lowest BCUT2D eigenvalue weighted by Crippen LogP contribution is -2.53. The van der Waals surface area contributed by atoms with Gasteiger partial charge in [0, 0.05) is 6.61 Å². The van der Waals surface area contributed by atoms with E-state index in [0.29, 0.717) is 6.61 Å². The molecule has 0 spiro atoms. The molecule has 0 amide bonds. The normalized spacial score (nSPS) is 42.8. The molecule has 3 heteroatoms. The number of hydrogen-bond acceptors (Lipinski definition) is 3. The molecule has 4 aliphatic rings. The Morgan fingerprint density at radius 2 is 1.65 bits per heavy atom. The third kappa shape index (κ3) is 2.22. The molecule has 0 N–H and O–H groups in total. The number of hydrogen-bond donors (Lipinski definition) is 0. The van der Waals surface area contributed by atoms with E-state index in [0.717, 1.165) is 37.0 Å².